The third-order valence-electron chi connectivity index (χ3n) is 4.79. The molecule has 8 nitrogen and oxygen atoms in total. The second-order valence-corrected chi connectivity index (χ2v) is 8.95. The minimum Gasteiger partial charge on any atom is -0.465 e. The van der Waals surface area contributed by atoms with Crippen molar-refractivity contribution in [1.82, 2.24) is 9.29 Å². The molecule has 0 bridgehead atoms. The number of carbonyl (C=O) groups is 2. The van der Waals surface area contributed by atoms with Crippen LogP contribution in [-0.4, -0.2) is 49.8 Å². The van der Waals surface area contributed by atoms with Gasteiger partial charge >= 0.3 is 5.97 Å². The predicted octanol–water partition coefficient (Wildman–Crippen LogP) is 2.54. The van der Waals surface area contributed by atoms with Gasteiger partial charge in [-0.3, -0.25) is 9.78 Å². The van der Waals surface area contributed by atoms with Gasteiger partial charge in [0.25, 0.3) is 5.91 Å². The van der Waals surface area contributed by atoms with E-state index in [9.17, 15) is 18.0 Å². The molecule has 0 saturated carbocycles. The van der Waals surface area contributed by atoms with Gasteiger partial charge in [-0.1, -0.05) is 6.92 Å². The van der Waals surface area contributed by atoms with Crippen LogP contribution in [0.5, 0.6) is 0 Å². The Morgan fingerprint density at radius 2 is 1.90 bits per heavy atom. The maximum Gasteiger partial charge on any atom is 0.339 e. The van der Waals surface area contributed by atoms with E-state index in [0.717, 1.165) is 12.8 Å². The Labute approximate surface area is 169 Å². The lowest BCUT2D eigenvalue weighted by Crippen LogP contribution is -2.39. The smallest absolute Gasteiger partial charge is 0.339 e. The molecule has 2 heterocycles. The Kier molecular flexibility index (Phi) is 6.29. The number of anilines is 1. The minimum absolute atomic E-state index is 0.122. The number of aromatic nitrogens is 1. The van der Waals surface area contributed by atoms with Crippen LogP contribution in [-0.2, 0) is 14.8 Å². The fourth-order valence-electron chi connectivity index (χ4n) is 3.19. The second-order valence-electron chi connectivity index (χ2n) is 7.01. The van der Waals surface area contributed by atoms with Crippen LogP contribution in [0.4, 0.5) is 5.69 Å². The van der Waals surface area contributed by atoms with E-state index in [4.69, 9.17) is 0 Å². The highest BCUT2D eigenvalue weighted by molar-refractivity contribution is 7.89. The van der Waals surface area contributed by atoms with Gasteiger partial charge in [-0.05, 0) is 55.2 Å². The van der Waals surface area contributed by atoms with Gasteiger partial charge in [-0.15, -0.1) is 0 Å². The molecule has 1 N–H and O–H groups in total. The number of ether oxygens (including phenoxy) is 1. The molecule has 1 saturated heterocycles. The van der Waals surface area contributed by atoms with Gasteiger partial charge in [0.15, 0.2) is 0 Å². The molecule has 1 aromatic carbocycles. The van der Waals surface area contributed by atoms with Crippen molar-refractivity contribution >= 4 is 27.6 Å². The van der Waals surface area contributed by atoms with Crippen LogP contribution >= 0.6 is 0 Å². The number of hydrogen-bond donors (Lipinski definition) is 1. The number of nitrogens with one attached hydrogen (secondary N) is 1. The molecule has 2 aromatic rings. The first-order chi connectivity index (χ1) is 13.8. The summed E-state index contributed by atoms with van der Waals surface area (Å²) in [6.45, 7) is 3.10. The van der Waals surface area contributed by atoms with Gasteiger partial charge in [0, 0.05) is 25.0 Å². The maximum atomic E-state index is 12.8. The number of nitrogens with zero attached hydrogens (tertiary/aromatic N) is 2. The van der Waals surface area contributed by atoms with Gasteiger partial charge < -0.3 is 10.1 Å². The molecule has 1 atom stereocenters. The van der Waals surface area contributed by atoms with Gasteiger partial charge in [0.05, 0.1) is 17.6 Å². The molecular formula is C20H23N3O5S. The second kappa shape index (κ2) is 8.71. The van der Waals surface area contributed by atoms with Crippen molar-refractivity contribution < 1.29 is 22.7 Å². The molecule has 1 fully saturated rings. The normalized spacial score (nSPS) is 17.5. The quantitative estimate of drug-likeness (QED) is 0.750. The summed E-state index contributed by atoms with van der Waals surface area (Å²) < 4.78 is 31.7. The van der Waals surface area contributed by atoms with Crippen molar-refractivity contribution in [2.24, 2.45) is 5.92 Å². The van der Waals surface area contributed by atoms with E-state index in [1.807, 2.05) is 6.92 Å². The summed E-state index contributed by atoms with van der Waals surface area (Å²) in [5.41, 5.74) is 0.808. The first-order valence-electron chi connectivity index (χ1n) is 9.27. The highest BCUT2D eigenvalue weighted by atomic mass is 32.2. The minimum atomic E-state index is -3.54. The van der Waals surface area contributed by atoms with Crippen LogP contribution in [0.25, 0.3) is 0 Å². The maximum absolute atomic E-state index is 12.8. The van der Waals surface area contributed by atoms with Crippen molar-refractivity contribution in [2.75, 3.05) is 25.5 Å². The lowest BCUT2D eigenvalue weighted by Gasteiger charge is -2.30. The summed E-state index contributed by atoms with van der Waals surface area (Å²) in [6.07, 6.45) is 3.15. The number of methoxy groups -OCH3 is 1. The zero-order valence-corrected chi connectivity index (χ0v) is 17.1. The van der Waals surface area contributed by atoms with Crippen molar-refractivity contribution in [1.29, 1.82) is 0 Å². The number of pyridine rings is 1. The van der Waals surface area contributed by atoms with Gasteiger partial charge in [0.2, 0.25) is 10.0 Å². The number of piperidine rings is 1. The van der Waals surface area contributed by atoms with Crippen LogP contribution in [0.15, 0.2) is 47.5 Å². The Morgan fingerprint density at radius 3 is 2.48 bits per heavy atom. The number of esters is 1. The molecule has 1 aliphatic rings. The number of hydrogen-bond acceptors (Lipinski definition) is 6. The van der Waals surface area contributed by atoms with Crippen LogP contribution < -0.4 is 5.32 Å². The zero-order valence-electron chi connectivity index (χ0n) is 16.3. The molecule has 1 unspecified atom stereocenters. The fourth-order valence-corrected chi connectivity index (χ4v) is 4.78. The Balaban J connectivity index is 1.68. The average molecular weight is 417 g/mol. The summed E-state index contributed by atoms with van der Waals surface area (Å²) in [6, 6.07) is 8.92. The van der Waals surface area contributed by atoms with Gasteiger partial charge in [-0.25, -0.2) is 13.2 Å². The summed E-state index contributed by atoms with van der Waals surface area (Å²) in [5, 5.41) is 2.66. The molecule has 0 aliphatic carbocycles. The number of amides is 1. The monoisotopic (exact) mass is 417 g/mol. The zero-order chi connectivity index (χ0) is 21.0. The standard InChI is InChI=1S/C20H23N3O5S/c1-14-4-3-11-23(13-14)29(26,27)17-8-6-16(7-9-17)22-19(24)18-10-5-15(12-21-18)20(25)28-2/h5-10,12,14H,3-4,11,13H2,1-2H3,(H,22,24). The SMILES string of the molecule is COC(=O)c1ccc(C(=O)Nc2ccc(S(=O)(=O)N3CCCC(C)C3)cc2)nc1. The summed E-state index contributed by atoms with van der Waals surface area (Å²) in [5.74, 6) is -0.665. The highest BCUT2D eigenvalue weighted by Gasteiger charge is 2.28. The Bertz CT molecular complexity index is 988. The van der Waals surface area contributed by atoms with E-state index in [2.05, 4.69) is 15.0 Å². The fraction of sp³-hybridized carbons (Fsp3) is 0.350. The van der Waals surface area contributed by atoms with E-state index >= 15 is 0 Å². The Hall–Kier alpha value is -2.78. The van der Waals surface area contributed by atoms with Crippen molar-refractivity contribution in [3.05, 3.63) is 53.9 Å². The van der Waals surface area contributed by atoms with E-state index in [-0.39, 0.29) is 16.2 Å². The van der Waals surface area contributed by atoms with Crippen molar-refractivity contribution in [3.8, 4) is 0 Å². The summed E-state index contributed by atoms with van der Waals surface area (Å²) in [7, 11) is -2.28. The molecule has 1 aromatic heterocycles. The third-order valence-corrected chi connectivity index (χ3v) is 6.67. The molecule has 1 aliphatic heterocycles. The lowest BCUT2D eigenvalue weighted by molar-refractivity contribution is 0.0600. The topological polar surface area (TPSA) is 106 Å². The highest BCUT2D eigenvalue weighted by Crippen LogP contribution is 2.24. The van der Waals surface area contributed by atoms with E-state index in [0.29, 0.717) is 24.7 Å². The summed E-state index contributed by atoms with van der Waals surface area (Å²) in [4.78, 5) is 27.9. The molecule has 1 amide bonds. The van der Waals surface area contributed by atoms with Crippen LogP contribution in [0.1, 0.15) is 40.6 Å². The first-order valence-corrected chi connectivity index (χ1v) is 10.7. The Morgan fingerprint density at radius 1 is 1.17 bits per heavy atom. The van der Waals surface area contributed by atoms with Gasteiger partial charge in [-0.2, -0.15) is 4.31 Å². The van der Waals surface area contributed by atoms with E-state index in [1.165, 1.54) is 41.9 Å². The predicted molar refractivity (Wildman–Crippen MR) is 107 cm³/mol. The lowest BCUT2D eigenvalue weighted by atomic mass is 10.0. The first kappa shape index (κ1) is 20.9. The average Bonchev–Trinajstić information content (AvgIpc) is 2.73. The molecule has 0 radical (unpaired) electrons. The molecule has 3 rings (SSSR count). The number of sulfonamides is 1. The molecule has 29 heavy (non-hydrogen) atoms. The summed E-state index contributed by atoms with van der Waals surface area (Å²) >= 11 is 0. The molecule has 9 heteroatoms. The number of rotatable bonds is 5. The molecular weight excluding hydrogens is 394 g/mol. The van der Waals surface area contributed by atoms with Crippen LogP contribution in [0.2, 0.25) is 0 Å². The largest absolute Gasteiger partial charge is 0.465 e. The van der Waals surface area contributed by atoms with Crippen molar-refractivity contribution in [3.63, 3.8) is 0 Å². The molecule has 0 spiro atoms. The van der Waals surface area contributed by atoms with Gasteiger partial charge in [0.1, 0.15) is 5.69 Å². The van der Waals surface area contributed by atoms with Crippen LogP contribution in [0.3, 0.4) is 0 Å². The van der Waals surface area contributed by atoms with E-state index in [1.54, 1.807) is 12.1 Å². The molecule has 154 valence electrons. The van der Waals surface area contributed by atoms with Crippen molar-refractivity contribution in [2.45, 2.75) is 24.7 Å². The van der Waals surface area contributed by atoms with Crippen LogP contribution in [0, 0.1) is 5.92 Å². The van der Waals surface area contributed by atoms with E-state index < -0.39 is 21.9 Å². The third kappa shape index (κ3) is 4.80. The number of benzene rings is 1. The number of carbonyl (C=O) groups excluding carboxylic acids is 2.